The lowest BCUT2D eigenvalue weighted by Crippen LogP contribution is -2.06. The van der Waals surface area contributed by atoms with Gasteiger partial charge in [-0.15, -0.1) is 0 Å². The number of rotatable bonds is 1. The third kappa shape index (κ3) is 1.99. The fourth-order valence-electron chi connectivity index (χ4n) is 2.79. The van der Waals surface area contributed by atoms with Gasteiger partial charge in [0.15, 0.2) is 0 Å². The molecule has 0 N–H and O–H groups in total. The van der Waals surface area contributed by atoms with E-state index in [9.17, 15) is 0 Å². The van der Waals surface area contributed by atoms with Crippen molar-refractivity contribution < 1.29 is 0 Å². The van der Waals surface area contributed by atoms with Gasteiger partial charge in [-0.25, -0.2) is 0 Å². The van der Waals surface area contributed by atoms with E-state index in [0.717, 1.165) is 5.92 Å². The van der Waals surface area contributed by atoms with E-state index in [4.69, 9.17) is 0 Å². The maximum atomic E-state index is 2.29. The van der Waals surface area contributed by atoms with Gasteiger partial charge in [-0.3, -0.25) is 0 Å². The SMILES string of the molecule is c1ccc(C2CCC(=C3CC3)CC2)cc1. The van der Waals surface area contributed by atoms with Crippen LogP contribution in [-0.4, -0.2) is 0 Å². The molecule has 2 aliphatic rings. The molecule has 0 heterocycles. The molecule has 15 heavy (non-hydrogen) atoms. The van der Waals surface area contributed by atoms with E-state index in [1.165, 1.54) is 38.5 Å². The summed E-state index contributed by atoms with van der Waals surface area (Å²) in [6, 6.07) is 11.0. The third-order valence-electron chi connectivity index (χ3n) is 3.86. The van der Waals surface area contributed by atoms with Crippen molar-refractivity contribution in [3.8, 4) is 0 Å². The maximum absolute atomic E-state index is 2.29. The van der Waals surface area contributed by atoms with E-state index in [1.807, 2.05) is 5.57 Å². The molecule has 2 aliphatic carbocycles. The van der Waals surface area contributed by atoms with Crippen LogP contribution in [0, 0.1) is 0 Å². The highest BCUT2D eigenvalue weighted by molar-refractivity contribution is 5.28. The van der Waals surface area contributed by atoms with E-state index in [1.54, 1.807) is 11.1 Å². The topological polar surface area (TPSA) is 0 Å². The molecule has 1 aromatic rings. The molecule has 0 nitrogen and oxygen atoms in total. The van der Waals surface area contributed by atoms with Gasteiger partial charge in [0.25, 0.3) is 0 Å². The van der Waals surface area contributed by atoms with Crippen molar-refractivity contribution in [3.63, 3.8) is 0 Å². The molecule has 0 radical (unpaired) electrons. The number of benzene rings is 1. The van der Waals surface area contributed by atoms with Crippen molar-refractivity contribution >= 4 is 0 Å². The molecule has 0 amide bonds. The van der Waals surface area contributed by atoms with Crippen molar-refractivity contribution in [1.29, 1.82) is 0 Å². The number of hydrogen-bond acceptors (Lipinski definition) is 0. The molecule has 3 rings (SSSR count). The second kappa shape index (κ2) is 3.84. The molecule has 78 valence electrons. The van der Waals surface area contributed by atoms with E-state index < -0.39 is 0 Å². The van der Waals surface area contributed by atoms with Gasteiger partial charge in [0.2, 0.25) is 0 Å². The quantitative estimate of drug-likeness (QED) is 0.585. The molecule has 0 spiro atoms. The molecule has 0 unspecified atom stereocenters. The van der Waals surface area contributed by atoms with Crippen LogP contribution < -0.4 is 0 Å². The molecule has 0 atom stereocenters. The highest BCUT2D eigenvalue weighted by Crippen LogP contribution is 2.42. The van der Waals surface area contributed by atoms with Crippen LogP contribution in [0.4, 0.5) is 0 Å². The van der Waals surface area contributed by atoms with Crippen LogP contribution in [-0.2, 0) is 0 Å². The summed E-state index contributed by atoms with van der Waals surface area (Å²) >= 11 is 0. The Balaban J connectivity index is 1.69. The van der Waals surface area contributed by atoms with Crippen LogP contribution in [0.1, 0.15) is 50.0 Å². The largest absolute Gasteiger partial charge is 0.0709 e. The highest BCUT2D eigenvalue weighted by atomic mass is 14.3. The van der Waals surface area contributed by atoms with Crippen LogP contribution >= 0.6 is 0 Å². The zero-order chi connectivity index (χ0) is 10.1. The van der Waals surface area contributed by atoms with Gasteiger partial charge in [0.05, 0.1) is 0 Å². The average Bonchev–Trinajstić information content (AvgIpc) is 3.15. The summed E-state index contributed by atoms with van der Waals surface area (Å²) in [6.45, 7) is 0. The van der Waals surface area contributed by atoms with Gasteiger partial charge >= 0.3 is 0 Å². The third-order valence-corrected chi connectivity index (χ3v) is 3.86. The van der Waals surface area contributed by atoms with E-state index in [0.29, 0.717) is 0 Å². The van der Waals surface area contributed by atoms with Gasteiger partial charge in [-0.05, 0) is 50.0 Å². The predicted molar refractivity (Wildman–Crippen MR) is 63.9 cm³/mol. The first-order valence-electron chi connectivity index (χ1n) is 6.18. The lowest BCUT2D eigenvalue weighted by molar-refractivity contribution is 0.515. The normalized spacial score (nSPS) is 25.5. The summed E-state index contributed by atoms with van der Waals surface area (Å²) in [5.41, 5.74) is 5.15. The van der Waals surface area contributed by atoms with Gasteiger partial charge in [-0.1, -0.05) is 41.5 Å². The first kappa shape index (κ1) is 9.21. The van der Waals surface area contributed by atoms with Crippen LogP contribution in [0.2, 0.25) is 0 Å². The van der Waals surface area contributed by atoms with Gasteiger partial charge < -0.3 is 0 Å². The fourth-order valence-corrected chi connectivity index (χ4v) is 2.79. The minimum atomic E-state index is 0.828. The average molecular weight is 198 g/mol. The Morgan fingerprint density at radius 2 is 1.33 bits per heavy atom. The number of allylic oxidation sites excluding steroid dienone is 2. The summed E-state index contributed by atoms with van der Waals surface area (Å²) in [5.74, 6) is 0.828. The monoisotopic (exact) mass is 198 g/mol. The summed E-state index contributed by atoms with van der Waals surface area (Å²) in [5, 5.41) is 0. The van der Waals surface area contributed by atoms with E-state index in [-0.39, 0.29) is 0 Å². The summed E-state index contributed by atoms with van der Waals surface area (Å²) in [6.07, 6.45) is 8.31. The lowest BCUT2D eigenvalue weighted by Gasteiger charge is -2.24. The van der Waals surface area contributed by atoms with Crippen LogP contribution in [0.15, 0.2) is 41.5 Å². The molecule has 1 aromatic carbocycles. The Labute approximate surface area is 92.0 Å². The van der Waals surface area contributed by atoms with Crippen molar-refractivity contribution in [2.75, 3.05) is 0 Å². The van der Waals surface area contributed by atoms with Crippen molar-refractivity contribution in [3.05, 3.63) is 47.0 Å². The van der Waals surface area contributed by atoms with E-state index in [2.05, 4.69) is 30.3 Å². The van der Waals surface area contributed by atoms with Crippen LogP contribution in [0.25, 0.3) is 0 Å². The summed E-state index contributed by atoms with van der Waals surface area (Å²) < 4.78 is 0. The van der Waals surface area contributed by atoms with Crippen LogP contribution in [0.5, 0.6) is 0 Å². The molecule has 2 fully saturated rings. The Morgan fingerprint density at radius 1 is 0.733 bits per heavy atom. The van der Waals surface area contributed by atoms with Crippen molar-refractivity contribution in [2.45, 2.75) is 44.4 Å². The number of hydrogen-bond donors (Lipinski definition) is 0. The predicted octanol–water partition coefficient (Wildman–Crippen LogP) is 4.43. The molecular weight excluding hydrogens is 180 g/mol. The maximum Gasteiger partial charge on any atom is -0.0156 e. The second-order valence-electron chi connectivity index (χ2n) is 4.89. The van der Waals surface area contributed by atoms with Gasteiger partial charge in [-0.2, -0.15) is 0 Å². The summed E-state index contributed by atoms with van der Waals surface area (Å²) in [4.78, 5) is 0. The summed E-state index contributed by atoms with van der Waals surface area (Å²) in [7, 11) is 0. The molecule has 0 heteroatoms. The zero-order valence-corrected chi connectivity index (χ0v) is 9.21. The molecule has 0 aliphatic heterocycles. The minimum Gasteiger partial charge on any atom is -0.0709 e. The van der Waals surface area contributed by atoms with Crippen molar-refractivity contribution in [2.24, 2.45) is 0 Å². The van der Waals surface area contributed by atoms with Crippen molar-refractivity contribution in [1.82, 2.24) is 0 Å². The highest BCUT2D eigenvalue weighted by Gasteiger charge is 2.23. The molecular formula is C15H18. The standard InChI is InChI=1S/C15H18/c1-2-4-12(5-3-1)13-6-8-14(9-7-13)15-10-11-15/h1-5,13H,6-11H2. The first-order chi connectivity index (χ1) is 7.43. The Bertz CT molecular complexity index is 356. The van der Waals surface area contributed by atoms with E-state index >= 15 is 0 Å². The smallest absolute Gasteiger partial charge is 0.0156 e. The molecule has 0 bridgehead atoms. The Kier molecular flexibility index (Phi) is 2.36. The van der Waals surface area contributed by atoms with Gasteiger partial charge in [0.1, 0.15) is 0 Å². The second-order valence-corrected chi connectivity index (χ2v) is 4.89. The Morgan fingerprint density at radius 3 is 1.93 bits per heavy atom. The molecule has 0 aromatic heterocycles. The lowest BCUT2D eigenvalue weighted by atomic mass is 9.81. The first-order valence-corrected chi connectivity index (χ1v) is 6.18. The fraction of sp³-hybridized carbons (Fsp3) is 0.467. The minimum absolute atomic E-state index is 0.828. The Hall–Kier alpha value is -1.04. The van der Waals surface area contributed by atoms with Gasteiger partial charge in [0, 0.05) is 0 Å². The molecule has 2 saturated carbocycles. The van der Waals surface area contributed by atoms with Crippen LogP contribution in [0.3, 0.4) is 0 Å². The molecule has 0 saturated heterocycles. The zero-order valence-electron chi connectivity index (χ0n) is 9.21.